The van der Waals surface area contributed by atoms with E-state index in [-0.39, 0.29) is 17.4 Å². The molecule has 0 aromatic heterocycles. The standard InChI is InChI=1S/C26H26ClN3O4S/c27-21-5-3-6-22(18-21)28-14-16-29(17-15-28)26(31)19-34-23-8-10-24(11-9-23)35(32,33)30-13-12-20-4-1-2-7-25(20)30/h1-11,18H,12-17,19H2. The highest BCUT2D eigenvalue weighted by Gasteiger charge is 2.30. The Morgan fingerprint density at radius 2 is 1.63 bits per heavy atom. The van der Waals surface area contributed by atoms with Crippen molar-refractivity contribution in [2.75, 3.05) is 48.5 Å². The lowest BCUT2D eigenvalue weighted by molar-refractivity contribution is -0.133. The van der Waals surface area contributed by atoms with Crippen molar-refractivity contribution in [1.82, 2.24) is 4.90 Å². The fourth-order valence-electron chi connectivity index (χ4n) is 4.52. The highest BCUT2D eigenvalue weighted by Crippen LogP contribution is 2.33. The van der Waals surface area contributed by atoms with E-state index >= 15 is 0 Å². The van der Waals surface area contributed by atoms with Gasteiger partial charge in [-0.25, -0.2) is 8.42 Å². The van der Waals surface area contributed by atoms with E-state index in [0.717, 1.165) is 30.0 Å². The van der Waals surface area contributed by atoms with Crippen LogP contribution in [0.3, 0.4) is 0 Å². The topological polar surface area (TPSA) is 70.2 Å². The number of nitrogens with zero attached hydrogens (tertiary/aromatic N) is 3. The quantitative estimate of drug-likeness (QED) is 0.503. The molecule has 0 radical (unpaired) electrons. The summed E-state index contributed by atoms with van der Waals surface area (Å²) in [5.41, 5.74) is 2.81. The van der Waals surface area contributed by atoms with Crippen LogP contribution in [0.25, 0.3) is 0 Å². The number of carbonyl (C=O) groups is 1. The lowest BCUT2D eigenvalue weighted by atomic mass is 10.2. The molecule has 0 aliphatic carbocycles. The SMILES string of the molecule is O=C(COc1ccc(S(=O)(=O)N2CCc3ccccc32)cc1)N1CCN(c2cccc(Cl)c2)CC1. The van der Waals surface area contributed by atoms with Crippen LogP contribution in [-0.2, 0) is 21.2 Å². The molecule has 0 bridgehead atoms. The van der Waals surface area contributed by atoms with Gasteiger partial charge in [-0.2, -0.15) is 0 Å². The normalized spacial score (nSPS) is 15.7. The molecule has 2 aliphatic rings. The Balaban J connectivity index is 1.15. The zero-order valence-electron chi connectivity index (χ0n) is 19.1. The number of para-hydroxylation sites is 1. The predicted octanol–water partition coefficient (Wildman–Crippen LogP) is 3.82. The highest BCUT2D eigenvalue weighted by molar-refractivity contribution is 7.92. The first-order chi connectivity index (χ1) is 16.9. The summed E-state index contributed by atoms with van der Waals surface area (Å²) in [6, 6.07) is 21.5. The molecule has 3 aromatic rings. The second-order valence-corrected chi connectivity index (χ2v) is 10.9. The second-order valence-electron chi connectivity index (χ2n) is 8.56. The van der Waals surface area contributed by atoms with Gasteiger partial charge in [0.15, 0.2) is 6.61 Å². The van der Waals surface area contributed by atoms with Gasteiger partial charge in [0.25, 0.3) is 15.9 Å². The van der Waals surface area contributed by atoms with Crippen molar-refractivity contribution in [3.63, 3.8) is 0 Å². The van der Waals surface area contributed by atoms with E-state index in [1.807, 2.05) is 48.5 Å². The Hall–Kier alpha value is -3.23. The summed E-state index contributed by atoms with van der Waals surface area (Å²) in [5.74, 6) is 0.359. The van der Waals surface area contributed by atoms with Gasteiger partial charge >= 0.3 is 0 Å². The third-order valence-electron chi connectivity index (χ3n) is 6.42. The minimum absolute atomic E-state index is 0.0945. The molecule has 7 nitrogen and oxygen atoms in total. The molecule has 1 saturated heterocycles. The fourth-order valence-corrected chi connectivity index (χ4v) is 6.20. The Morgan fingerprint density at radius 1 is 0.886 bits per heavy atom. The number of rotatable bonds is 6. The van der Waals surface area contributed by atoms with E-state index < -0.39 is 10.0 Å². The molecule has 35 heavy (non-hydrogen) atoms. The lowest BCUT2D eigenvalue weighted by Crippen LogP contribution is -2.50. The van der Waals surface area contributed by atoms with Crippen LogP contribution >= 0.6 is 11.6 Å². The summed E-state index contributed by atoms with van der Waals surface area (Å²) in [6.45, 7) is 2.98. The van der Waals surface area contributed by atoms with E-state index in [9.17, 15) is 13.2 Å². The van der Waals surface area contributed by atoms with Gasteiger partial charge in [0.05, 0.1) is 10.6 Å². The Kier molecular flexibility index (Phi) is 6.58. The number of sulfonamides is 1. The van der Waals surface area contributed by atoms with Crippen molar-refractivity contribution in [2.45, 2.75) is 11.3 Å². The Bertz CT molecular complexity index is 1320. The number of anilines is 2. The molecule has 1 fully saturated rings. The van der Waals surface area contributed by atoms with Crippen molar-refractivity contribution in [2.24, 2.45) is 0 Å². The molecule has 5 rings (SSSR count). The molecule has 0 saturated carbocycles. The molecule has 0 atom stereocenters. The van der Waals surface area contributed by atoms with Gasteiger partial charge < -0.3 is 14.5 Å². The van der Waals surface area contributed by atoms with Crippen LogP contribution in [-0.4, -0.2) is 58.6 Å². The minimum Gasteiger partial charge on any atom is -0.484 e. The van der Waals surface area contributed by atoms with E-state index in [1.54, 1.807) is 17.0 Å². The molecular formula is C26H26ClN3O4S. The molecule has 2 heterocycles. The average Bonchev–Trinajstić information content (AvgIpc) is 3.33. The number of halogens is 1. The molecule has 0 spiro atoms. The van der Waals surface area contributed by atoms with Crippen LogP contribution < -0.4 is 13.9 Å². The lowest BCUT2D eigenvalue weighted by Gasteiger charge is -2.36. The van der Waals surface area contributed by atoms with Crippen molar-refractivity contribution >= 4 is 38.9 Å². The first-order valence-electron chi connectivity index (χ1n) is 11.5. The molecule has 1 amide bonds. The predicted molar refractivity (Wildman–Crippen MR) is 137 cm³/mol. The first-order valence-corrected chi connectivity index (χ1v) is 13.4. The van der Waals surface area contributed by atoms with Crippen LogP contribution in [0.2, 0.25) is 5.02 Å². The summed E-state index contributed by atoms with van der Waals surface area (Å²) < 4.78 is 33.4. The number of ether oxygens (including phenoxy) is 1. The molecule has 0 N–H and O–H groups in total. The number of hydrogen-bond donors (Lipinski definition) is 0. The molecule has 182 valence electrons. The van der Waals surface area contributed by atoms with Crippen LogP contribution in [0.5, 0.6) is 5.75 Å². The van der Waals surface area contributed by atoms with Crippen LogP contribution in [0, 0.1) is 0 Å². The van der Waals surface area contributed by atoms with Gasteiger partial charge in [0.1, 0.15) is 5.75 Å². The van der Waals surface area contributed by atoms with E-state index in [2.05, 4.69) is 4.90 Å². The third kappa shape index (κ3) is 4.94. The number of amides is 1. The van der Waals surface area contributed by atoms with Gasteiger partial charge in [-0.15, -0.1) is 0 Å². The van der Waals surface area contributed by atoms with Crippen molar-refractivity contribution in [1.29, 1.82) is 0 Å². The zero-order valence-corrected chi connectivity index (χ0v) is 20.7. The van der Waals surface area contributed by atoms with E-state index in [1.165, 1.54) is 16.4 Å². The molecule has 9 heteroatoms. The average molecular weight is 512 g/mol. The summed E-state index contributed by atoms with van der Waals surface area (Å²) in [7, 11) is -3.66. The maximum Gasteiger partial charge on any atom is 0.264 e. The first kappa shape index (κ1) is 23.5. The summed E-state index contributed by atoms with van der Waals surface area (Å²) in [6.07, 6.45) is 0.700. The largest absolute Gasteiger partial charge is 0.484 e. The van der Waals surface area contributed by atoms with Crippen LogP contribution in [0.4, 0.5) is 11.4 Å². The molecular weight excluding hydrogens is 486 g/mol. The number of hydrogen-bond acceptors (Lipinski definition) is 5. The van der Waals surface area contributed by atoms with Gasteiger partial charge in [0, 0.05) is 43.4 Å². The zero-order chi connectivity index (χ0) is 24.4. The Morgan fingerprint density at radius 3 is 2.37 bits per heavy atom. The van der Waals surface area contributed by atoms with Crippen LogP contribution in [0.15, 0.2) is 77.7 Å². The van der Waals surface area contributed by atoms with E-state index in [4.69, 9.17) is 16.3 Å². The fraction of sp³-hybridized carbons (Fsp3) is 0.269. The summed E-state index contributed by atoms with van der Waals surface area (Å²) in [5, 5.41) is 0.693. The van der Waals surface area contributed by atoms with Crippen molar-refractivity contribution in [3.05, 3.63) is 83.4 Å². The highest BCUT2D eigenvalue weighted by atomic mass is 35.5. The summed E-state index contributed by atoms with van der Waals surface area (Å²) >= 11 is 6.09. The van der Waals surface area contributed by atoms with Gasteiger partial charge in [0.2, 0.25) is 0 Å². The van der Waals surface area contributed by atoms with E-state index in [0.29, 0.717) is 36.8 Å². The molecule has 2 aliphatic heterocycles. The minimum atomic E-state index is -3.66. The Labute approximate surface area is 210 Å². The van der Waals surface area contributed by atoms with Crippen LogP contribution in [0.1, 0.15) is 5.56 Å². The smallest absolute Gasteiger partial charge is 0.264 e. The van der Waals surface area contributed by atoms with Crippen molar-refractivity contribution < 1.29 is 17.9 Å². The third-order valence-corrected chi connectivity index (χ3v) is 8.49. The number of fused-ring (bicyclic) bond motifs is 1. The number of piperazine rings is 1. The maximum atomic E-state index is 13.1. The van der Waals surface area contributed by atoms with Gasteiger partial charge in [-0.3, -0.25) is 9.10 Å². The maximum absolute atomic E-state index is 13.1. The monoisotopic (exact) mass is 511 g/mol. The van der Waals surface area contributed by atoms with Gasteiger partial charge in [-0.05, 0) is 60.5 Å². The number of carbonyl (C=O) groups excluding carboxylic acids is 1. The molecule has 3 aromatic carbocycles. The van der Waals surface area contributed by atoms with Crippen molar-refractivity contribution in [3.8, 4) is 5.75 Å². The molecule has 0 unspecified atom stereocenters. The summed E-state index contributed by atoms with van der Waals surface area (Å²) in [4.78, 5) is 16.8. The number of benzene rings is 3. The van der Waals surface area contributed by atoms with Gasteiger partial charge in [-0.1, -0.05) is 35.9 Å². The second kappa shape index (κ2) is 9.79.